The minimum Gasteiger partial charge on any atom is -0.457 e. The first-order valence-electron chi connectivity index (χ1n) is 20.0. The van der Waals surface area contributed by atoms with Gasteiger partial charge in [0.15, 0.2) is 6.29 Å². The molecule has 0 aromatic rings. The molecular formula is C43H72O9. The van der Waals surface area contributed by atoms with Gasteiger partial charge in [0, 0.05) is 6.42 Å². The fraction of sp³-hybridized carbons (Fsp3) is 0.698. The van der Waals surface area contributed by atoms with Crippen molar-refractivity contribution in [2.75, 3.05) is 26.4 Å². The number of unbranched alkanes of at least 4 members (excludes halogenated alkanes) is 9. The van der Waals surface area contributed by atoms with Crippen LogP contribution in [0.2, 0.25) is 0 Å². The highest BCUT2D eigenvalue weighted by molar-refractivity contribution is 5.69. The minimum atomic E-state index is -1.55. The Morgan fingerprint density at radius 3 is 1.77 bits per heavy atom. The summed E-state index contributed by atoms with van der Waals surface area (Å²) < 4.78 is 22.6. The molecule has 9 heteroatoms. The van der Waals surface area contributed by atoms with E-state index in [1.165, 1.54) is 32.1 Å². The van der Waals surface area contributed by atoms with Crippen molar-refractivity contribution in [1.82, 2.24) is 0 Å². The molecule has 52 heavy (non-hydrogen) atoms. The quantitative estimate of drug-likeness (QED) is 0.0307. The molecule has 6 atom stereocenters. The third-order valence-corrected chi connectivity index (χ3v) is 8.63. The van der Waals surface area contributed by atoms with E-state index in [0.29, 0.717) is 13.0 Å². The number of aliphatic hydroxyl groups is 4. The van der Waals surface area contributed by atoms with Crippen LogP contribution >= 0.6 is 0 Å². The number of carbonyl (C=O) groups is 1. The highest BCUT2D eigenvalue weighted by Gasteiger charge is 2.44. The van der Waals surface area contributed by atoms with Crippen molar-refractivity contribution in [2.45, 2.75) is 166 Å². The number of hydrogen-bond acceptors (Lipinski definition) is 9. The predicted molar refractivity (Wildman–Crippen MR) is 210 cm³/mol. The average Bonchev–Trinajstić information content (AvgIpc) is 3.14. The Morgan fingerprint density at radius 2 is 1.17 bits per heavy atom. The third-order valence-electron chi connectivity index (χ3n) is 8.63. The molecule has 0 amide bonds. The zero-order valence-electron chi connectivity index (χ0n) is 32.3. The van der Waals surface area contributed by atoms with Crippen molar-refractivity contribution in [2.24, 2.45) is 0 Å². The average molecular weight is 733 g/mol. The molecule has 9 nitrogen and oxygen atoms in total. The van der Waals surface area contributed by atoms with Crippen LogP contribution in [-0.2, 0) is 23.7 Å². The molecule has 1 rings (SSSR count). The first-order valence-corrected chi connectivity index (χ1v) is 20.0. The van der Waals surface area contributed by atoms with E-state index in [9.17, 15) is 25.2 Å². The van der Waals surface area contributed by atoms with E-state index in [0.717, 1.165) is 70.6 Å². The number of esters is 1. The summed E-state index contributed by atoms with van der Waals surface area (Å²) in [5.74, 6) is -0.352. The minimum absolute atomic E-state index is 0.0833. The van der Waals surface area contributed by atoms with Gasteiger partial charge in [-0.15, -0.1) is 0 Å². The van der Waals surface area contributed by atoms with Crippen LogP contribution in [0.3, 0.4) is 0 Å². The van der Waals surface area contributed by atoms with Gasteiger partial charge in [-0.05, 0) is 70.6 Å². The van der Waals surface area contributed by atoms with Gasteiger partial charge in [0.2, 0.25) is 0 Å². The van der Waals surface area contributed by atoms with Gasteiger partial charge in [-0.2, -0.15) is 0 Å². The normalized spacial score (nSPS) is 22.0. The van der Waals surface area contributed by atoms with Gasteiger partial charge in [-0.3, -0.25) is 4.79 Å². The molecule has 0 bridgehead atoms. The van der Waals surface area contributed by atoms with Crippen molar-refractivity contribution < 1.29 is 44.2 Å². The molecule has 1 aliphatic rings. The second-order valence-electron chi connectivity index (χ2n) is 13.3. The number of hydrogen-bond donors (Lipinski definition) is 4. The van der Waals surface area contributed by atoms with Crippen LogP contribution < -0.4 is 0 Å². The highest BCUT2D eigenvalue weighted by atomic mass is 16.7. The van der Waals surface area contributed by atoms with E-state index >= 15 is 0 Å². The lowest BCUT2D eigenvalue weighted by atomic mass is 9.99. The van der Waals surface area contributed by atoms with Crippen LogP contribution in [0.4, 0.5) is 0 Å². The molecule has 0 aromatic carbocycles. The fourth-order valence-electron chi connectivity index (χ4n) is 5.49. The first-order chi connectivity index (χ1) is 25.4. The van der Waals surface area contributed by atoms with Crippen LogP contribution in [0, 0.1) is 0 Å². The first kappa shape index (κ1) is 47.7. The van der Waals surface area contributed by atoms with E-state index in [-0.39, 0.29) is 25.6 Å². The molecule has 298 valence electrons. The smallest absolute Gasteiger partial charge is 0.306 e. The van der Waals surface area contributed by atoms with E-state index in [2.05, 4.69) is 80.7 Å². The Morgan fingerprint density at radius 1 is 0.635 bits per heavy atom. The van der Waals surface area contributed by atoms with E-state index in [1.54, 1.807) is 0 Å². The summed E-state index contributed by atoms with van der Waals surface area (Å²) >= 11 is 0. The third kappa shape index (κ3) is 25.6. The summed E-state index contributed by atoms with van der Waals surface area (Å²) in [5, 5.41) is 40.0. The van der Waals surface area contributed by atoms with E-state index in [4.69, 9.17) is 18.9 Å². The maximum Gasteiger partial charge on any atom is 0.306 e. The van der Waals surface area contributed by atoms with Crippen LogP contribution in [0.15, 0.2) is 72.9 Å². The Labute approximate surface area is 315 Å². The fourth-order valence-corrected chi connectivity index (χ4v) is 5.49. The number of ether oxygens (including phenoxy) is 4. The number of allylic oxidation sites excluding steroid dienone is 11. The van der Waals surface area contributed by atoms with Crippen molar-refractivity contribution >= 4 is 5.97 Å². The lowest BCUT2D eigenvalue weighted by Gasteiger charge is -2.39. The van der Waals surface area contributed by atoms with Gasteiger partial charge < -0.3 is 39.4 Å². The highest BCUT2D eigenvalue weighted by Crippen LogP contribution is 2.22. The van der Waals surface area contributed by atoms with Gasteiger partial charge >= 0.3 is 5.97 Å². The molecule has 1 saturated heterocycles. The standard InChI is InChI=1S/C43H72O9/c1-3-5-7-9-11-13-15-17-18-19-21-23-25-27-29-31-33-49-35-37(36-50-43-42(48)41(47)40(46)38(34-44)52-43)51-39(45)32-30-28-26-24-22-20-16-14-12-10-8-6-4-2/h5,7,11,13-14,16-18,21,23,27,29,37-38,40-44,46-48H,3-4,6,8-10,12,15,19-20,22,24-26,28,30-36H2,1-2H3/b7-5-,13-11-,16-14-,18-17-,23-21-,29-27-. The molecule has 1 fully saturated rings. The second-order valence-corrected chi connectivity index (χ2v) is 13.3. The van der Waals surface area contributed by atoms with Crippen LogP contribution in [-0.4, -0.2) is 89.6 Å². The Kier molecular flexibility index (Phi) is 31.5. The Hall–Kier alpha value is -2.37. The van der Waals surface area contributed by atoms with Crippen LogP contribution in [0.25, 0.3) is 0 Å². The Bertz CT molecular complexity index is 1020. The molecule has 1 heterocycles. The molecule has 0 aromatic heterocycles. The summed E-state index contributed by atoms with van der Waals surface area (Å²) in [6.45, 7) is 4.17. The molecule has 4 N–H and O–H groups in total. The van der Waals surface area contributed by atoms with Crippen molar-refractivity contribution in [3.63, 3.8) is 0 Å². The lowest BCUT2D eigenvalue weighted by Crippen LogP contribution is -2.59. The molecule has 6 unspecified atom stereocenters. The van der Waals surface area contributed by atoms with Crippen molar-refractivity contribution in [3.05, 3.63) is 72.9 Å². The lowest BCUT2D eigenvalue weighted by molar-refractivity contribution is -0.305. The van der Waals surface area contributed by atoms with Crippen LogP contribution in [0.1, 0.15) is 129 Å². The summed E-state index contributed by atoms with van der Waals surface area (Å²) in [4.78, 5) is 12.7. The van der Waals surface area contributed by atoms with Gasteiger partial charge in [0.05, 0.1) is 26.4 Å². The summed E-state index contributed by atoms with van der Waals surface area (Å²) in [7, 11) is 0. The molecule has 0 saturated carbocycles. The maximum absolute atomic E-state index is 12.7. The zero-order chi connectivity index (χ0) is 37.9. The molecule has 1 aliphatic heterocycles. The number of rotatable bonds is 32. The van der Waals surface area contributed by atoms with Crippen molar-refractivity contribution in [1.29, 1.82) is 0 Å². The largest absolute Gasteiger partial charge is 0.457 e. The number of carbonyl (C=O) groups excluding carboxylic acids is 1. The zero-order valence-corrected chi connectivity index (χ0v) is 32.3. The molecule has 0 radical (unpaired) electrons. The molecular weight excluding hydrogens is 660 g/mol. The number of aliphatic hydroxyl groups excluding tert-OH is 4. The molecule has 0 aliphatic carbocycles. The van der Waals surface area contributed by atoms with Gasteiger partial charge in [-0.25, -0.2) is 0 Å². The van der Waals surface area contributed by atoms with Crippen LogP contribution in [0.5, 0.6) is 0 Å². The van der Waals surface area contributed by atoms with Crippen molar-refractivity contribution in [3.8, 4) is 0 Å². The Balaban J connectivity index is 2.39. The second kappa shape index (κ2) is 34.4. The topological polar surface area (TPSA) is 135 Å². The maximum atomic E-state index is 12.7. The summed E-state index contributed by atoms with van der Waals surface area (Å²) in [6, 6.07) is 0. The van der Waals surface area contributed by atoms with E-state index in [1.807, 2.05) is 6.08 Å². The monoisotopic (exact) mass is 733 g/mol. The summed E-state index contributed by atoms with van der Waals surface area (Å²) in [5.41, 5.74) is 0. The van der Waals surface area contributed by atoms with Gasteiger partial charge in [-0.1, -0.05) is 125 Å². The SMILES string of the molecule is CC/C=C\C/C=C\C/C=C\C/C=C\C/C=C\CCOCC(COC1OC(CO)C(O)C(O)C1O)OC(=O)CCCCCCC/C=C\CCCCCC. The van der Waals surface area contributed by atoms with E-state index < -0.39 is 43.4 Å². The predicted octanol–water partition coefficient (Wildman–Crippen LogP) is 8.13. The van der Waals surface area contributed by atoms with Gasteiger partial charge in [0.1, 0.15) is 30.5 Å². The summed E-state index contributed by atoms with van der Waals surface area (Å²) in [6.07, 6.45) is 36.6. The molecule has 0 spiro atoms. The van der Waals surface area contributed by atoms with Gasteiger partial charge in [0.25, 0.3) is 0 Å².